The van der Waals surface area contributed by atoms with Gasteiger partial charge in [0.1, 0.15) is 11.5 Å². The van der Waals surface area contributed by atoms with E-state index in [0.717, 1.165) is 12.2 Å². The quantitative estimate of drug-likeness (QED) is 0.818. The number of piperidine rings is 1. The summed E-state index contributed by atoms with van der Waals surface area (Å²) in [4.78, 5) is 39.7. The number of nitrogens with two attached hydrogens (primary N) is 1. The number of primary amides is 1. The van der Waals surface area contributed by atoms with Crippen LogP contribution < -0.4 is 11.1 Å². The second-order valence-electron chi connectivity index (χ2n) is 7.52. The SMILES string of the molecule is Cc1ccc(CC(=O)N2CC[C@H](NC(=O)C3CCN(C(N)=O)CC3)[C@H]2C)o1. The number of carbonyl (C=O) groups is 3. The first kappa shape index (κ1) is 19.3. The highest BCUT2D eigenvalue weighted by atomic mass is 16.3. The van der Waals surface area contributed by atoms with Gasteiger partial charge < -0.3 is 25.3 Å². The average molecular weight is 376 g/mol. The number of furan rings is 1. The van der Waals surface area contributed by atoms with Gasteiger partial charge in [0, 0.05) is 31.6 Å². The second kappa shape index (κ2) is 8.02. The number of carbonyl (C=O) groups excluding carboxylic acids is 3. The van der Waals surface area contributed by atoms with Gasteiger partial charge in [-0.15, -0.1) is 0 Å². The summed E-state index contributed by atoms with van der Waals surface area (Å²) < 4.78 is 5.49. The molecule has 0 spiro atoms. The van der Waals surface area contributed by atoms with E-state index in [1.807, 2.05) is 30.9 Å². The van der Waals surface area contributed by atoms with Gasteiger partial charge in [0.25, 0.3) is 0 Å². The number of rotatable bonds is 4. The normalized spacial score (nSPS) is 23.5. The Balaban J connectivity index is 1.49. The number of likely N-dealkylation sites (tertiary alicyclic amines) is 2. The third-order valence-corrected chi connectivity index (χ3v) is 5.70. The van der Waals surface area contributed by atoms with E-state index in [2.05, 4.69) is 5.32 Å². The van der Waals surface area contributed by atoms with E-state index in [4.69, 9.17) is 10.2 Å². The lowest BCUT2D eigenvalue weighted by molar-refractivity contribution is -0.132. The Morgan fingerprint density at radius 2 is 1.89 bits per heavy atom. The van der Waals surface area contributed by atoms with Crippen molar-refractivity contribution in [3.8, 4) is 0 Å². The predicted molar refractivity (Wildman–Crippen MR) is 98.8 cm³/mol. The van der Waals surface area contributed by atoms with Crippen molar-refractivity contribution in [2.24, 2.45) is 11.7 Å². The fraction of sp³-hybridized carbons (Fsp3) is 0.632. The lowest BCUT2D eigenvalue weighted by atomic mass is 9.95. The maximum atomic E-state index is 12.6. The lowest BCUT2D eigenvalue weighted by Gasteiger charge is -2.31. The Bertz CT molecular complexity index is 708. The van der Waals surface area contributed by atoms with Crippen molar-refractivity contribution in [1.29, 1.82) is 0 Å². The van der Waals surface area contributed by atoms with E-state index in [1.54, 1.807) is 4.90 Å². The van der Waals surface area contributed by atoms with Gasteiger partial charge in [-0.2, -0.15) is 0 Å². The molecule has 0 aliphatic carbocycles. The first-order valence-corrected chi connectivity index (χ1v) is 9.54. The summed E-state index contributed by atoms with van der Waals surface area (Å²) in [5.41, 5.74) is 5.28. The molecular formula is C19H28N4O4. The van der Waals surface area contributed by atoms with E-state index in [1.165, 1.54) is 0 Å². The molecule has 2 saturated heterocycles. The fourth-order valence-electron chi connectivity index (χ4n) is 3.98. The number of amides is 4. The Hall–Kier alpha value is -2.51. The van der Waals surface area contributed by atoms with Crippen LogP contribution in [0.2, 0.25) is 0 Å². The summed E-state index contributed by atoms with van der Waals surface area (Å²) in [5, 5.41) is 3.10. The monoisotopic (exact) mass is 376 g/mol. The smallest absolute Gasteiger partial charge is 0.314 e. The molecule has 2 aliphatic heterocycles. The maximum Gasteiger partial charge on any atom is 0.314 e. The minimum Gasteiger partial charge on any atom is -0.466 e. The zero-order valence-electron chi connectivity index (χ0n) is 15.9. The average Bonchev–Trinajstić information content (AvgIpc) is 3.21. The summed E-state index contributed by atoms with van der Waals surface area (Å²) in [7, 11) is 0. The molecule has 148 valence electrons. The summed E-state index contributed by atoms with van der Waals surface area (Å²) in [6, 6.07) is 3.14. The number of urea groups is 1. The molecule has 1 aromatic heterocycles. The molecule has 4 amide bonds. The molecule has 0 unspecified atom stereocenters. The molecule has 27 heavy (non-hydrogen) atoms. The van der Waals surface area contributed by atoms with Crippen molar-refractivity contribution >= 4 is 17.8 Å². The first-order chi connectivity index (χ1) is 12.8. The third kappa shape index (κ3) is 4.43. The first-order valence-electron chi connectivity index (χ1n) is 9.54. The van der Waals surface area contributed by atoms with Gasteiger partial charge in [0.2, 0.25) is 11.8 Å². The van der Waals surface area contributed by atoms with Crippen LogP contribution in [-0.4, -0.2) is 59.4 Å². The molecule has 8 nitrogen and oxygen atoms in total. The third-order valence-electron chi connectivity index (χ3n) is 5.70. The highest BCUT2D eigenvalue weighted by molar-refractivity contribution is 5.81. The zero-order chi connectivity index (χ0) is 19.6. The van der Waals surface area contributed by atoms with E-state index in [0.29, 0.717) is 38.2 Å². The number of nitrogens with one attached hydrogen (secondary N) is 1. The van der Waals surface area contributed by atoms with Crippen LogP contribution in [0, 0.1) is 12.8 Å². The largest absolute Gasteiger partial charge is 0.466 e. The van der Waals surface area contributed by atoms with Crippen LogP contribution in [0.25, 0.3) is 0 Å². The van der Waals surface area contributed by atoms with Crippen LogP contribution in [0.3, 0.4) is 0 Å². The van der Waals surface area contributed by atoms with Crippen LogP contribution in [-0.2, 0) is 16.0 Å². The van der Waals surface area contributed by atoms with Crippen molar-refractivity contribution in [2.75, 3.05) is 19.6 Å². The van der Waals surface area contributed by atoms with Crippen molar-refractivity contribution in [2.45, 2.75) is 51.6 Å². The van der Waals surface area contributed by atoms with Gasteiger partial charge in [-0.25, -0.2) is 4.79 Å². The van der Waals surface area contributed by atoms with Crippen molar-refractivity contribution in [1.82, 2.24) is 15.1 Å². The second-order valence-corrected chi connectivity index (χ2v) is 7.52. The fourth-order valence-corrected chi connectivity index (χ4v) is 3.98. The van der Waals surface area contributed by atoms with Gasteiger partial charge in [-0.3, -0.25) is 9.59 Å². The maximum absolute atomic E-state index is 12.6. The minimum atomic E-state index is -0.431. The van der Waals surface area contributed by atoms with Crippen LogP contribution in [0.15, 0.2) is 16.5 Å². The van der Waals surface area contributed by atoms with Gasteiger partial charge in [0.15, 0.2) is 0 Å². The van der Waals surface area contributed by atoms with E-state index in [-0.39, 0.29) is 36.2 Å². The standard InChI is InChI=1S/C19H28N4O4/c1-12-3-4-15(27-12)11-17(24)23-10-7-16(13(23)2)21-18(25)14-5-8-22(9-6-14)19(20)26/h3-4,13-14,16H,5-11H2,1-2H3,(H2,20,26)(H,21,25)/t13-,16+/m1/s1. The molecule has 1 aromatic rings. The summed E-state index contributed by atoms with van der Waals surface area (Å²) in [6.07, 6.45) is 2.23. The highest BCUT2D eigenvalue weighted by Crippen LogP contribution is 2.22. The summed E-state index contributed by atoms with van der Waals surface area (Å²) >= 11 is 0. The lowest BCUT2D eigenvalue weighted by Crippen LogP contribution is -2.49. The Morgan fingerprint density at radius 3 is 2.48 bits per heavy atom. The van der Waals surface area contributed by atoms with Crippen molar-refractivity contribution in [3.05, 3.63) is 23.7 Å². The van der Waals surface area contributed by atoms with Gasteiger partial charge >= 0.3 is 6.03 Å². The molecule has 0 saturated carbocycles. The van der Waals surface area contributed by atoms with Crippen LogP contribution in [0.1, 0.15) is 37.7 Å². The van der Waals surface area contributed by atoms with Gasteiger partial charge in [0.05, 0.1) is 12.5 Å². The Labute approximate surface area is 159 Å². The Kier molecular flexibility index (Phi) is 5.72. The topological polar surface area (TPSA) is 109 Å². The number of aryl methyl sites for hydroxylation is 1. The number of nitrogens with zero attached hydrogens (tertiary/aromatic N) is 2. The molecule has 2 atom stereocenters. The molecule has 0 radical (unpaired) electrons. The molecule has 0 bridgehead atoms. The van der Waals surface area contributed by atoms with E-state index < -0.39 is 6.03 Å². The van der Waals surface area contributed by atoms with Crippen molar-refractivity contribution < 1.29 is 18.8 Å². The minimum absolute atomic E-state index is 0.00642. The van der Waals surface area contributed by atoms with Gasteiger partial charge in [-0.05, 0) is 45.2 Å². The molecule has 3 heterocycles. The molecule has 0 aromatic carbocycles. The molecule has 8 heteroatoms. The van der Waals surface area contributed by atoms with Crippen LogP contribution in [0.4, 0.5) is 4.79 Å². The van der Waals surface area contributed by atoms with Crippen LogP contribution in [0.5, 0.6) is 0 Å². The summed E-state index contributed by atoms with van der Waals surface area (Å²) in [5.74, 6) is 1.37. The molecule has 2 aliphatic rings. The predicted octanol–water partition coefficient (Wildman–Crippen LogP) is 1.03. The Morgan fingerprint density at radius 1 is 1.19 bits per heavy atom. The van der Waals surface area contributed by atoms with Crippen molar-refractivity contribution in [3.63, 3.8) is 0 Å². The zero-order valence-corrected chi connectivity index (χ0v) is 15.9. The van der Waals surface area contributed by atoms with Gasteiger partial charge in [-0.1, -0.05) is 0 Å². The number of hydrogen-bond donors (Lipinski definition) is 2. The van der Waals surface area contributed by atoms with E-state index in [9.17, 15) is 14.4 Å². The number of hydrogen-bond acceptors (Lipinski definition) is 4. The molecule has 2 fully saturated rings. The molecule has 3 N–H and O–H groups in total. The van der Waals surface area contributed by atoms with E-state index >= 15 is 0 Å². The van der Waals surface area contributed by atoms with Crippen LogP contribution >= 0.6 is 0 Å². The molecular weight excluding hydrogens is 348 g/mol. The highest BCUT2D eigenvalue weighted by Gasteiger charge is 2.36. The summed E-state index contributed by atoms with van der Waals surface area (Å²) in [6.45, 7) is 5.48. The molecule has 3 rings (SSSR count).